The second-order valence-electron chi connectivity index (χ2n) is 5.98. The molecule has 0 aromatic heterocycles. The molecule has 3 nitrogen and oxygen atoms in total. The SMILES string of the molecule is CCCC/C=C\CCCCCCCCN1CCCOC1=O. The van der Waals surface area contributed by atoms with E-state index < -0.39 is 0 Å². The van der Waals surface area contributed by atoms with Gasteiger partial charge in [0.25, 0.3) is 0 Å². The summed E-state index contributed by atoms with van der Waals surface area (Å²) in [7, 11) is 0. The van der Waals surface area contributed by atoms with Crippen molar-refractivity contribution in [3.05, 3.63) is 12.2 Å². The van der Waals surface area contributed by atoms with E-state index in [-0.39, 0.29) is 6.09 Å². The molecule has 0 bridgehead atoms. The van der Waals surface area contributed by atoms with Crippen LogP contribution >= 0.6 is 0 Å². The molecule has 0 unspecified atom stereocenters. The van der Waals surface area contributed by atoms with Gasteiger partial charge in [-0.1, -0.05) is 57.6 Å². The van der Waals surface area contributed by atoms with Gasteiger partial charge in [-0.25, -0.2) is 4.79 Å². The van der Waals surface area contributed by atoms with Crippen molar-refractivity contribution in [2.24, 2.45) is 0 Å². The minimum absolute atomic E-state index is 0.115. The molecule has 0 saturated carbocycles. The smallest absolute Gasteiger partial charge is 0.409 e. The molecule has 21 heavy (non-hydrogen) atoms. The largest absolute Gasteiger partial charge is 0.449 e. The van der Waals surface area contributed by atoms with Gasteiger partial charge in [-0.05, 0) is 32.1 Å². The van der Waals surface area contributed by atoms with Crippen LogP contribution in [0.15, 0.2) is 12.2 Å². The molecule has 0 spiro atoms. The summed E-state index contributed by atoms with van der Waals surface area (Å²) in [5, 5.41) is 0. The zero-order valence-corrected chi connectivity index (χ0v) is 13.8. The van der Waals surface area contributed by atoms with E-state index in [9.17, 15) is 4.79 Å². The molecule has 122 valence electrons. The first kappa shape index (κ1) is 18.1. The summed E-state index contributed by atoms with van der Waals surface area (Å²) < 4.78 is 5.03. The first-order chi connectivity index (χ1) is 10.3. The van der Waals surface area contributed by atoms with Gasteiger partial charge < -0.3 is 9.64 Å². The standard InChI is InChI=1S/C18H33NO2/c1-2-3-4-5-6-7-8-9-10-11-12-13-15-19-16-14-17-21-18(19)20/h5-6H,2-4,7-17H2,1H3/b6-5-. The molecule has 0 aromatic carbocycles. The predicted molar refractivity (Wildman–Crippen MR) is 88.5 cm³/mol. The molecule has 3 heteroatoms. The maximum Gasteiger partial charge on any atom is 0.409 e. The van der Waals surface area contributed by atoms with Crippen molar-refractivity contribution in [3.8, 4) is 0 Å². The molecular formula is C18H33NO2. The Morgan fingerprint density at radius 1 is 1.00 bits per heavy atom. The van der Waals surface area contributed by atoms with Crippen LogP contribution in [-0.4, -0.2) is 30.7 Å². The number of unbranched alkanes of at least 4 members (excludes halogenated alkanes) is 8. The summed E-state index contributed by atoms with van der Waals surface area (Å²) in [5.41, 5.74) is 0. The van der Waals surface area contributed by atoms with Crippen LogP contribution in [0.25, 0.3) is 0 Å². The number of rotatable bonds is 12. The van der Waals surface area contributed by atoms with E-state index in [1.54, 1.807) is 0 Å². The van der Waals surface area contributed by atoms with Gasteiger partial charge in [0.2, 0.25) is 0 Å². The Kier molecular flexibility index (Phi) is 10.9. The van der Waals surface area contributed by atoms with Crippen molar-refractivity contribution in [1.29, 1.82) is 0 Å². The highest BCUT2D eigenvalue weighted by Gasteiger charge is 2.18. The van der Waals surface area contributed by atoms with E-state index in [1.807, 2.05) is 4.90 Å². The molecule has 1 amide bonds. The highest BCUT2D eigenvalue weighted by Crippen LogP contribution is 2.10. The number of hydrogen-bond acceptors (Lipinski definition) is 2. The number of hydrogen-bond donors (Lipinski definition) is 0. The highest BCUT2D eigenvalue weighted by atomic mass is 16.6. The van der Waals surface area contributed by atoms with Crippen molar-refractivity contribution in [3.63, 3.8) is 0 Å². The van der Waals surface area contributed by atoms with Gasteiger partial charge in [0.05, 0.1) is 6.61 Å². The van der Waals surface area contributed by atoms with Gasteiger partial charge in [0.15, 0.2) is 0 Å². The fourth-order valence-electron chi connectivity index (χ4n) is 2.63. The molecule has 0 atom stereocenters. The van der Waals surface area contributed by atoms with Crippen LogP contribution in [0.4, 0.5) is 4.79 Å². The lowest BCUT2D eigenvalue weighted by molar-refractivity contribution is 0.0722. The number of cyclic esters (lactones) is 1. The van der Waals surface area contributed by atoms with Crippen LogP contribution in [0.2, 0.25) is 0 Å². The van der Waals surface area contributed by atoms with E-state index in [1.165, 1.54) is 57.8 Å². The van der Waals surface area contributed by atoms with Gasteiger partial charge in [-0.2, -0.15) is 0 Å². The van der Waals surface area contributed by atoms with E-state index in [4.69, 9.17) is 4.74 Å². The Bertz CT molecular complexity index is 289. The second kappa shape index (κ2) is 12.7. The third-order valence-corrected chi connectivity index (χ3v) is 4.00. The van der Waals surface area contributed by atoms with Crippen LogP contribution < -0.4 is 0 Å². The van der Waals surface area contributed by atoms with Crippen LogP contribution in [0, 0.1) is 0 Å². The predicted octanol–water partition coefficient (Wildman–Crippen LogP) is 5.31. The molecular weight excluding hydrogens is 262 g/mol. The summed E-state index contributed by atoms with van der Waals surface area (Å²) in [6, 6.07) is 0. The number of carbonyl (C=O) groups is 1. The number of amides is 1. The van der Waals surface area contributed by atoms with Crippen molar-refractivity contribution < 1.29 is 9.53 Å². The zero-order chi connectivity index (χ0) is 15.2. The Morgan fingerprint density at radius 2 is 1.67 bits per heavy atom. The number of nitrogens with zero attached hydrogens (tertiary/aromatic N) is 1. The van der Waals surface area contributed by atoms with Gasteiger partial charge >= 0.3 is 6.09 Å². The molecule has 1 rings (SSSR count). The summed E-state index contributed by atoms with van der Waals surface area (Å²) >= 11 is 0. The summed E-state index contributed by atoms with van der Waals surface area (Å²) in [6.07, 6.45) is 18.3. The van der Waals surface area contributed by atoms with Crippen molar-refractivity contribution in [1.82, 2.24) is 4.90 Å². The van der Waals surface area contributed by atoms with E-state index in [0.29, 0.717) is 6.61 Å². The molecule has 1 aliphatic heterocycles. The molecule has 0 radical (unpaired) electrons. The van der Waals surface area contributed by atoms with Crippen molar-refractivity contribution in [2.75, 3.05) is 19.7 Å². The summed E-state index contributed by atoms with van der Waals surface area (Å²) in [6.45, 7) is 4.59. The lowest BCUT2D eigenvalue weighted by Crippen LogP contribution is -2.38. The monoisotopic (exact) mass is 295 g/mol. The first-order valence-corrected chi connectivity index (χ1v) is 8.91. The maximum atomic E-state index is 11.4. The fourth-order valence-corrected chi connectivity index (χ4v) is 2.63. The lowest BCUT2D eigenvalue weighted by Gasteiger charge is -2.26. The Morgan fingerprint density at radius 3 is 2.38 bits per heavy atom. The van der Waals surface area contributed by atoms with Crippen LogP contribution in [0.5, 0.6) is 0 Å². The normalized spacial score (nSPS) is 15.7. The quantitative estimate of drug-likeness (QED) is 0.361. The number of carbonyl (C=O) groups excluding carboxylic acids is 1. The molecule has 1 fully saturated rings. The Hall–Kier alpha value is -0.990. The van der Waals surface area contributed by atoms with E-state index in [0.717, 1.165) is 25.9 Å². The summed E-state index contributed by atoms with van der Waals surface area (Å²) in [4.78, 5) is 13.3. The average Bonchev–Trinajstić information content (AvgIpc) is 2.50. The topological polar surface area (TPSA) is 29.5 Å². The minimum Gasteiger partial charge on any atom is -0.449 e. The van der Waals surface area contributed by atoms with Gasteiger partial charge in [-0.15, -0.1) is 0 Å². The average molecular weight is 295 g/mol. The highest BCUT2D eigenvalue weighted by molar-refractivity contribution is 5.68. The van der Waals surface area contributed by atoms with E-state index >= 15 is 0 Å². The van der Waals surface area contributed by atoms with Gasteiger partial charge in [0, 0.05) is 13.1 Å². The molecule has 0 N–H and O–H groups in total. The maximum absolute atomic E-state index is 11.4. The third-order valence-electron chi connectivity index (χ3n) is 4.00. The number of ether oxygens (including phenoxy) is 1. The third kappa shape index (κ3) is 9.54. The van der Waals surface area contributed by atoms with Crippen LogP contribution in [0.3, 0.4) is 0 Å². The van der Waals surface area contributed by atoms with Crippen LogP contribution in [-0.2, 0) is 4.74 Å². The first-order valence-electron chi connectivity index (χ1n) is 8.91. The second-order valence-corrected chi connectivity index (χ2v) is 5.98. The van der Waals surface area contributed by atoms with E-state index in [2.05, 4.69) is 19.1 Å². The zero-order valence-electron chi connectivity index (χ0n) is 13.8. The Labute approximate surface area is 130 Å². The molecule has 0 aliphatic carbocycles. The molecule has 1 saturated heterocycles. The van der Waals surface area contributed by atoms with Crippen molar-refractivity contribution in [2.45, 2.75) is 77.6 Å². The van der Waals surface area contributed by atoms with Crippen LogP contribution in [0.1, 0.15) is 77.6 Å². The Balaban J connectivity index is 1.82. The minimum atomic E-state index is -0.115. The van der Waals surface area contributed by atoms with Gasteiger partial charge in [-0.3, -0.25) is 0 Å². The fraction of sp³-hybridized carbons (Fsp3) is 0.833. The van der Waals surface area contributed by atoms with Crippen molar-refractivity contribution >= 4 is 6.09 Å². The van der Waals surface area contributed by atoms with Gasteiger partial charge in [0.1, 0.15) is 0 Å². The molecule has 1 heterocycles. The lowest BCUT2D eigenvalue weighted by atomic mass is 10.1. The summed E-state index contributed by atoms with van der Waals surface area (Å²) in [5.74, 6) is 0. The molecule has 1 aliphatic rings. The number of allylic oxidation sites excluding steroid dienone is 2. The molecule has 0 aromatic rings.